The smallest absolute Gasteiger partial charge is 0.338 e. The Morgan fingerprint density at radius 3 is 2.00 bits per heavy atom. The zero-order valence-corrected chi connectivity index (χ0v) is 16.2. The minimum absolute atomic E-state index is 0.135. The molecule has 0 rings (SSSR count). The summed E-state index contributed by atoms with van der Waals surface area (Å²) >= 11 is 0. The summed E-state index contributed by atoms with van der Waals surface area (Å²) in [6.45, 7) is 2.08. The van der Waals surface area contributed by atoms with Crippen LogP contribution in [0.1, 0.15) is 32.6 Å². The van der Waals surface area contributed by atoms with Gasteiger partial charge in [0.2, 0.25) is 0 Å². The van der Waals surface area contributed by atoms with Crippen molar-refractivity contribution in [2.24, 2.45) is 11.5 Å². The monoisotopic (exact) mass is 434 g/mol. The third kappa shape index (κ3) is 14.5. The minimum atomic E-state index is -2.74. The van der Waals surface area contributed by atoms with Gasteiger partial charge in [0.25, 0.3) is 0 Å². The van der Waals surface area contributed by atoms with Gasteiger partial charge in [0.15, 0.2) is 11.6 Å². The predicted octanol–water partition coefficient (Wildman–Crippen LogP) is -2.03. The molecule has 30 heavy (non-hydrogen) atoms. The average molecular weight is 434 g/mol. The number of carbonyl (C=O) groups excluding carboxylic acids is 2. The van der Waals surface area contributed by atoms with E-state index in [4.69, 9.17) is 37.3 Å². The molecule has 0 bridgehead atoms. The molecule has 0 aliphatic heterocycles. The summed E-state index contributed by atoms with van der Waals surface area (Å²) in [5.74, 6) is -6.63. The first-order valence-electron chi connectivity index (χ1n) is 8.36. The Bertz CT molecular complexity index is 661. The number of nitrogens with one attached hydrogen (secondary N) is 2. The van der Waals surface area contributed by atoms with Crippen molar-refractivity contribution in [2.45, 2.75) is 44.2 Å². The number of allylic oxidation sites excluding steroid dienone is 1. The second-order valence-electron chi connectivity index (χ2n) is 5.81. The number of hydrogen-bond acceptors (Lipinski definition) is 9. The molecule has 0 radical (unpaired) electrons. The highest BCUT2D eigenvalue weighted by molar-refractivity contribution is 5.93. The van der Waals surface area contributed by atoms with Crippen LogP contribution in [0.25, 0.3) is 0 Å². The Morgan fingerprint density at radius 2 is 1.63 bits per heavy atom. The second-order valence-corrected chi connectivity index (χ2v) is 5.81. The number of carboxylic acid groups (broad SMARTS) is 3. The Kier molecular flexibility index (Phi) is 13.8. The molecule has 0 heterocycles. The fraction of sp³-hybridized carbons (Fsp3) is 0.500. The van der Waals surface area contributed by atoms with E-state index in [1.54, 1.807) is 6.92 Å². The Morgan fingerprint density at radius 1 is 1.13 bits per heavy atom. The van der Waals surface area contributed by atoms with Crippen molar-refractivity contribution in [2.75, 3.05) is 6.54 Å². The number of guanidine groups is 1. The van der Waals surface area contributed by atoms with Gasteiger partial charge in [-0.2, -0.15) is 0 Å². The highest BCUT2D eigenvalue weighted by atomic mass is 16.6. The van der Waals surface area contributed by atoms with Gasteiger partial charge in [0, 0.05) is 12.6 Å². The van der Waals surface area contributed by atoms with Gasteiger partial charge < -0.3 is 41.9 Å². The number of aliphatic carboxylic acids is 3. The first-order valence-corrected chi connectivity index (χ1v) is 8.36. The standard InChI is InChI=1S/C10H18N4O3.C6H8O7/c1-2-4-8(15)17-9(16)7(11)5-3-6-14-10(12)13;7-3(8)1-6(13,5(11)12)2-4(9)10/h2,4,7H,3,5-6,11H2,1H3,(H4,12,13,14);13H,1-2H2,(H,7,8)(H,9,10)(H,11,12)/t7-;/m0./s1. The summed E-state index contributed by atoms with van der Waals surface area (Å²) in [7, 11) is 0. The van der Waals surface area contributed by atoms with Gasteiger partial charge in [-0.25, -0.2) is 14.4 Å². The number of carboxylic acids is 3. The maximum absolute atomic E-state index is 11.3. The molecule has 0 aliphatic rings. The summed E-state index contributed by atoms with van der Waals surface area (Å²) in [5.41, 5.74) is 7.84. The molecule has 1 atom stereocenters. The lowest BCUT2D eigenvalue weighted by Gasteiger charge is -2.18. The Hall–Kier alpha value is -3.52. The Balaban J connectivity index is 0. The number of nitrogens with two attached hydrogens (primary N) is 2. The van der Waals surface area contributed by atoms with Crippen molar-refractivity contribution in [3.05, 3.63) is 12.2 Å². The molecule has 0 aliphatic carbocycles. The van der Waals surface area contributed by atoms with Crippen molar-refractivity contribution in [1.82, 2.24) is 5.32 Å². The third-order valence-electron chi connectivity index (χ3n) is 3.10. The van der Waals surface area contributed by atoms with Crippen molar-refractivity contribution < 1.29 is 49.1 Å². The lowest BCUT2D eigenvalue weighted by atomic mass is 9.96. The van der Waals surface area contributed by atoms with E-state index in [2.05, 4.69) is 10.1 Å². The molecule has 0 fully saturated rings. The van der Waals surface area contributed by atoms with E-state index in [0.29, 0.717) is 19.4 Å². The van der Waals surface area contributed by atoms with Gasteiger partial charge in [-0.15, -0.1) is 0 Å². The average Bonchev–Trinajstić information content (AvgIpc) is 2.57. The van der Waals surface area contributed by atoms with Crippen molar-refractivity contribution in [3.8, 4) is 0 Å². The third-order valence-corrected chi connectivity index (χ3v) is 3.10. The SMILES string of the molecule is CC=CC(=O)OC(=O)[C@@H](N)CCCNC(=N)N.O=C(O)CC(O)(CC(=O)O)C(=O)O. The number of rotatable bonds is 11. The predicted molar refractivity (Wildman–Crippen MR) is 100 cm³/mol. The summed E-state index contributed by atoms with van der Waals surface area (Å²) < 4.78 is 4.45. The number of carbonyl (C=O) groups is 5. The maximum atomic E-state index is 11.3. The summed E-state index contributed by atoms with van der Waals surface area (Å²) in [6.07, 6.45) is 1.22. The van der Waals surface area contributed by atoms with Crippen molar-refractivity contribution in [1.29, 1.82) is 5.41 Å². The van der Waals surface area contributed by atoms with Gasteiger partial charge in [0.1, 0.15) is 6.04 Å². The van der Waals surface area contributed by atoms with Crippen LogP contribution in [0, 0.1) is 5.41 Å². The lowest BCUT2D eigenvalue weighted by molar-refractivity contribution is -0.170. The largest absolute Gasteiger partial charge is 0.481 e. The van der Waals surface area contributed by atoms with Crippen molar-refractivity contribution in [3.63, 3.8) is 0 Å². The fourth-order valence-electron chi connectivity index (χ4n) is 1.72. The van der Waals surface area contributed by atoms with Crippen LogP contribution >= 0.6 is 0 Å². The lowest BCUT2D eigenvalue weighted by Crippen LogP contribution is -2.42. The molecule has 14 heteroatoms. The van der Waals surface area contributed by atoms with Gasteiger partial charge in [-0.1, -0.05) is 6.08 Å². The summed E-state index contributed by atoms with van der Waals surface area (Å²) in [5, 5.41) is 43.3. The van der Waals surface area contributed by atoms with E-state index in [9.17, 15) is 24.0 Å². The van der Waals surface area contributed by atoms with Crippen molar-refractivity contribution >= 4 is 35.8 Å². The minimum Gasteiger partial charge on any atom is -0.481 e. The zero-order valence-electron chi connectivity index (χ0n) is 16.2. The molecule has 0 spiro atoms. The van der Waals surface area contributed by atoms with Crippen LogP contribution < -0.4 is 16.8 Å². The maximum Gasteiger partial charge on any atom is 0.338 e. The first kappa shape index (κ1) is 28.7. The van der Waals surface area contributed by atoms with Crippen LogP contribution in [0.15, 0.2) is 12.2 Å². The number of ether oxygens (including phenoxy) is 1. The molecular weight excluding hydrogens is 408 g/mol. The van der Waals surface area contributed by atoms with Crippen LogP contribution in [-0.4, -0.2) is 74.4 Å². The second kappa shape index (κ2) is 14.5. The fourth-order valence-corrected chi connectivity index (χ4v) is 1.72. The van der Waals surface area contributed by atoms with E-state index in [1.807, 2.05) is 0 Å². The highest BCUT2D eigenvalue weighted by Gasteiger charge is 2.40. The van der Waals surface area contributed by atoms with Crippen LogP contribution in [0.3, 0.4) is 0 Å². The molecule has 0 amide bonds. The van der Waals surface area contributed by atoms with Gasteiger partial charge in [-0.05, 0) is 19.8 Å². The molecule has 0 aromatic heterocycles. The van der Waals surface area contributed by atoms with E-state index in [1.165, 1.54) is 6.08 Å². The molecule has 14 nitrogen and oxygen atoms in total. The van der Waals surface area contributed by atoms with Gasteiger partial charge in [0.05, 0.1) is 12.8 Å². The molecule has 0 aromatic carbocycles. The number of esters is 2. The molecule has 0 saturated carbocycles. The number of aliphatic hydroxyl groups is 1. The Labute approximate surface area is 171 Å². The quantitative estimate of drug-likeness (QED) is 0.0436. The van der Waals surface area contributed by atoms with E-state index >= 15 is 0 Å². The topological polar surface area (TPSA) is 263 Å². The summed E-state index contributed by atoms with van der Waals surface area (Å²) in [4.78, 5) is 52.7. The van der Waals surface area contributed by atoms with Gasteiger partial charge in [-0.3, -0.25) is 15.0 Å². The number of hydrogen-bond donors (Lipinski definition) is 8. The van der Waals surface area contributed by atoms with E-state index < -0.39 is 54.3 Å². The molecule has 0 saturated heterocycles. The molecule has 170 valence electrons. The normalized spacial score (nSPS) is 11.6. The van der Waals surface area contributed by atoms with Gasteiger partial charge >= 0.3 is 29.8 Å². The zero-order chi connectivity index (χ0) is 23.9. The molecule has 0 aromatic rings. The van der Waals surface area contributed by atoms with Crippen LogP contribution in [0.4, 0.5) is 0 Å². The van der Waals surface area contributed by atoms with E-state index in [0.717, 1.165) is 6.08 Å². The first-order chi connectivity index (χ1) is 13.7. The highest BCUT2D eigenvalue weighted by Crippen LogP contribution is 2.15. The van der Waals surface area contributed by atoms with Crippen LogP contribution in [-0.2, 0) is 28.7 Å². The summed E-state index contributed by atoms with van der Waals surface area (Å²) in [6, 6.07) is -0.849. The van der Waals surface area contributed by atoms with E-state index in [-0.39, 0.29) is 5.96 Å². The molecule has 0 unspecified atom stereocenters. The molecule has 10 N–H and O–H groups in total. The van der Waals surface area contributed by atoms with Crippen LogP contribution in [0.5, 0.6) is 0 Å². The van der Waals surface area contributed by atoms with Crippen LogP contribution in [0.2, 0.25) is 0 Å². The molecular formula is C16H26N4O10.